The molecule has 1 aromatic heterocycles. The Labute approximate surface area is 146 Å². The van der Waals surface area contributed by atoms with Gasteiger partial charge in [-0.05, 0) is 43.7 Å². The van der Waals surface area contributed by atoms with Crippen LogP contribution in [0.2, 0.25) is 0 Å². The van der Waals surface area contributed by atoms with Gasteiger partial charge in [0.25, 0.3) is 5.91 Å². The fourth-order valence-electron chi connectivity index (χ4n) is 2.83. The molecule has 0 aliphatic heterocycles. The van der Waals surface area contributed by atoms with E-state index < -0.39 is 0 Å². The number of carbonyl (C=O) groups is 1. The van der Waals surface area contributed by atoms with Gasteiger partial charge in [-0.1, -0.05) is 18.2 Å². The number of aromatic amines is 1. The van der Waals surface area contributed by atoms with E-state index in [1.807, 2.05) is 56.3 Å². The van der Waals surface area contributed by atoms with Crippen molar-refractivity contribution in [1.29, 1.82) is 0 Å². The number of hydrogen-bond donors (Lipinski definition) is 3. The minimum atomic E-state index is -0.128. The van der Waals surface area contributed by atoms with Crippen LogP contribution in [0.1, 0.15) is 27.2 Å². The average Bonchev–Trinajstić information content (AvgIpc) is 2.92. The lowest BCUT2D eigenvalue weighted by Gasteiger charge is -2.11. The summed E-state index contributed by atoms with van der Waals surface area (Å²) < 4.78 is 5.50. The molecule has 130 valence electrons. The molecule has 0 radical (unpaired) electrons. The lowest BCUT2D eigenvalue weighted by Crippen LogP contribution is -2.23. The SMILES string of the molecule is Cc1[nH]c2ccc(C(=O)NCc3ccccc3OCCO)cc2c1C. The van der Waals surface area contributed by atoms with Crippen molar-refractivity contribution < 1.29 is 14.6 Å². The number of aliphatic hydroxyl groups is 1. The van der Waals surface area contributed by atoms with Gasteiger partial charge in [-0.2, -0.15) is 0 Å². The van der Waals surface area contributed by atoms with E-state index in [0.29, 0.717) is 17.9 Å². The van der Waals surface area contributed by atoms with Crippen molar-refractivity contribution in [2.75, 3.05) is 13.2 Å². The van der Waals surface area contributed by atoms with Crippen molar-refractivity contribution >= 4 is 16.8 Å². The molecule has 0 spiro atoms. The van der Waals surface area contributed by atoms with Crippen molar-refractivity contribution in [3.05, 3.63) is 64.8 Å². The molecule has 0 atom stereocenters. The number of rotatable bonds is 6. The third-order valence-electron chi connectivity index (χ3n) is 4.33. The fraction of sp³-hybridized carbons (Fsp3) is 0.250. The molecule has 0 saturated heterocycles. The van der Waals surface area contributed by atoms with Gasteiger partial charge in [-0.25, -0.2) is 0 Å². The first-order valence-corrected chi connectivity index (χ1v) is 8.29. The van der Waals surface area contributed by atoms with Gasteiger partial charge in [0.05, 0.1) is 6.61 Å². The summed E-state index contributed by atoms with van der Waals surface area (Å²) in [5, 5.41) is 12.9. The summed E-state index contributed by atoms with van der Waals surface area (Å²) in [5.41, 5.74) is 4.81. The second-order valence-electron chi connectivity index (χ2n) is 6.00. The van der Waals surface area contributed by atoms with Crippen LogP contribution in [0.4, 0.5) is 0 Å². The van der Waals surface area contributed by atoms with Gasteiger partial charge in [0, 0.05) is 34.3 Å². The molecule has 0 fully saturated rings. The molecule has 5 heteroatoms. The summed E-state index contributed by atoms with van der Waals surface area (Å²) in [6, 6.07) is 13.2. The molecule has 3 rings (SSSR count). The second kappa shape index (κ2) is 7.40. The first-order valence-electron chi connectivity index (χ1n) is 8.29. The van der Waals surface area contributed by atoms with Gasteiger partial charge in [-0.3, -0.25) is 4.79 Å². The maximum Gasteiger partial charge on any atom is 0.251 e. The summed E-state index contributed by atoms with van der Waals surface area (Å²) in [6.07, 6.45) is 0. The summed E-state index contributed by atoms with van der Waals surface area (Å²) >= 11 is 0. The highest BCUT2D eigenvalue weighted by Gasteiger charge is 2.11. The second-order valence-corrected chi connectivity index (χ2v) is 6.00. The molecule has 0 aliphatic rings. The highest BCUT2D eigenvalue weighted by Crippen LogP contribution is 2.23. The van der Waals surface area contributed by atoms with Crippen molar-refractivity contribution in [2.45, 2.75) is 20.4 Å². The van der Waals surface area contributed by atoms with E-state index >= 15 is 0 Å². The molecule has 3 aromatic rings. The number of nitrogens with one attached hydrogen (secondary N) is 2. The molecule has 5 nitrogen and oxygen atoms in total. The molecular weight excluding hydrogens is 316 g/mol. The number of carbonyl (C=O) groups excluding carboxylic acids is 1. The van der Waals surface area contributed by atoms with Crippen molar-refractivity contribution in [3.8, 4) is 5.75 Å². The lowest BCUT2D eigenvalue weighted by atomic mass is 10.1. The highest BCUT2D eigenvalue weighted by atomic mass is 16.5. The number of fused-ring (bicyclic) bond motifs is 1. The Kier molecular flexibility index (Phi) is 5.05. The van der Waals surface area contributed by atoms with Crippen LogP contribution in [0.25, 0.3) is 10.9 Å². The maximum absolute atomic E-state index is 12.5. The Morgan fingerprint density at radius 1 is 1.20 bits per heavy atom. The zero-order valence-corrected chi connectivity index (χ0v) is 14.4. The number of para-hydroxylation sites is 1. The minimum Gasteiger partial charge on any atom is -0.491 e. The largest absolute Gasteiger partial charge is 0.491 e. The zero-order chi connectivity index (χ0) is 17.8. The highest BCUT2D eigenvalue weighted by molar-refractivity contribution is 5.99. The van der Waals surface area contributed by atoms with Crippen LogP contribution < -0.4 is 10.1 Å². The van der Waals surface area contributed by atoms with Gasteiger partial charge in [0.2, 0.25) is 0 Å². The molecule has 0 aliphatic carbocycles. The topological polar surface area (TPSA) is 74.4 Å². The van der Waals surface area contributed by atoms with E-state index in [-0.39, 0.29) is 19.1 Å². The van der Waals surface area contributed by atoms with Gasteiger partial charge in [0.15, 0.2) is 0 Å². The van der Waals surface area contributed by atoms with E-state index in [1.54, 1.807) is 0 Å². The van der Waals surface area contributed by atoms with Crippen LogP contribution in [0.15, 0.2) is 42.5 Å². The smallest absolute Gasteiger partial charge is 0.251 e. The van der Waals surface area contributed by atoms with Crippen LogP contribution in [-0.4, -0.2) is 29.2 Å². The van der Waals surface area contributed by atoms with E-state index in [4.69, 9.17) is 9.84 Å². The number of ether oxygens (including phenoxy) is 1. The monoisotopic (exact) mass is 338 g/mol. The number of aryl methyl sites for hydroxylation is 2. The number of benzene rings is 2. The zero-order valence-electron chi connectivity index (χ0n) is 14.4. The Morgan fingerprint density at radius 3 is 2.80 bits per heavy atom. The number of H-pyrrole nitrogens is 1. The summed E-state index contributed by atoms with van der Waals surface area (Å²) in [5.74, 6) is 0.543. The summed E-state index contributed by atoms with van der Waals surface area (Å²) in [4.78, 5) is 15.8. The Balaban J connectivity index is 1.74. The normalized spacial score (nSPS) is 10.8. The van der Waals surface area contributed by atoms with E-state index in [0.717, 1.165) is 27.7 Å². The molecule has 2 aromatic carbocycles. The first-order chi connectivity index (χ1) is 12.1. The Bertz CT molecular complexity index is 899. The lowest BCUT2D eigenvalue weighted by molar-refractivity contribution is 0.0950. The Morgan fingerprint density at radius 2 is 2.00 bits per heavy atom. The van der Waals surface area contributed by atoms with Gasteiger partial charge >= 0.3 is 0 Å². The van der Waals surface area contributed by atoms with Crippen LogP contribution >= 0.6 is 0 Å². The molecule has 0 unspecified atom stereocenters. The van der Waals surface area contributed by atoms with Crippen molar-refractivity contribution in [3.63, 3.8) is 0 Å². The number of aromatic nitrogens is 1. The molecule has 0 bridgehead atoms. The van der Waals surface area contributed by atoms with Crippen molar-refractivity contribution in [2.24, 2.45) is 0 Å². The van der Waals surface area contributed by atoms with Gasteiger partial charge in [0.1, 0.15) is 12.4 Å². The van der Waals surface area contributed by atoms with Crippen LogP contribution in [-0.2, 0) is 6.54 Å². The number of hydrogen-bond acceptors (Lipinski definition) is 3. The van der Waals surface area contributed by atoms with Gasteiger partial charge < -0.3 is 20.1 Å². The van der Waals surface area contributed by atoms with E-state index in [1.165, 1.54) is 0 Å². The molecule has 3 N–H and O–H groups in total. The van der Waals surface area contributed by atoms with Crippen LogP contribution in [0.5, 0.6) is 5.75 Å². The van der Waals surface area contributed by atoms with Crippen LogP contribution in [0, 0.1) is 13.8 Å². The molecule has 25 heavy (non-hydrogen) atoms. The third-order valence-corrected chi connectivity index (χ3v) is 4.33. The first kappa shape index (κ1) is 17.0. The van der Waals surface area contributed by atoms with Crippen molar-refractivity contribution in [1.82, 2.24) is 10.3 Å². The van der Waals surface area contributed by atoms with Gasteiger partial charge in [-0.15, -0.1) is 0 Å². The summed E-state index contributed by atoms with van der Waals surface area (Å²) in [6.45, 7) is 4.62. The average molecular weight is 338 g/mol. The van der Waals surface area contributed by atoms with Crippen LogP contribution in [0.3, 0.4) is 0 Å². The fourth-order valence-corrected chi connectivity index (χ4v) is 2.83. The summed E-state index contributed by atoms with van der Waals surface area (Å²) in [7, 11) is 0. The standard InChI is InChI=1S/C20H22N2O3/c1-13-14(2)22-18-8-7-15(11-17(13)18)20(24)21-12-16-5-3-4-6-19(16)25-10-9-23/h3-8,11,22-23H,9-10,12H2,1-2H3,(H,21,24). The maximum atomic E-state index is 12.5. The van der Waals surface area contributed by atoms with E-state index in [2.05, 4.69) is 10.3 Å². The Hall–Kier alpha value is -2.79. The number of amides is 1. The number of aliphatic hydroxyl groups excluding tert-OH is 1. The molecule has 1 amide bonds. The minimum absolute atomic E-state index is 0.0455. The quantitative estimate of drug-likeness (QED) is 0.646. The molecule has 0 saturated carbocycles. The third kappa shape index (κ3) is 3.67. The predicted octanol–water partition coefficient (Wildman–Crippen LogP) is 3.09. The molecular formula is C20H22N2O3. The van der Waals surface area contributed by atoms with E-state index in [9.17, 15) is 4.79 Å². The predicted molar refractivity (Wildman–Crippen MR) is 98.0 cm³/mol. The molecule has 1 heterocycles.